The Morgan fingerprint density at radius 2 is 2.12 bits per heavy atom. The smallest absolute Gasteiger partial charge is 0.433 e. The maximum atomic E-state index is 13.0. The number of aromatic nitrogens is 4. The first-order valence-electron chi connectivity index (χ1n) is 6.72. The summed E-state index contributed by atoms with van der Waals surface area (Å²) < 4.78 is 50.2. The molecule has 0 aliphatic carbocycles. The number of hydrogen-bond donors (Lipinski definition) is 1. The van der Waals surface area contributed by atoms with Gasteiger partial charge in [0.1, 0.15) is 5.69 Å². The van der Waals surface area contributed by atoms with Gasteiger partial charge in [0.05, 0.1) is 6.26 Å². The second-order valence-electron chi connectivity index (χ2n) is 4.72. The molecule has 3 rings (SSSR count). The van der Waals surface area contributed by atoms with Crippen molar-refractivity contribution in [2.45, 2.75) is 12.9 Å². The third-order valence-electron chi connectivity index (χ3n) is 2.96. The number of rotatable bonds is 5. The van der Waals surface area contributed by atoms with Crippen molar-refractivity contribution in [3.05, 3.63) is 48.1 Å². The van der Waals surface area contributed by atoms with Gasteiger partial charge in [0.15, 0.2) is 23.9 Å². The van der Waals surface area contributed by atoms with Crippen molar-refractivity contribution in [3.63, 3.8) is 0 Å². The molecule has 3 heterocycles. The normalized spacial score (nSPS) is 11.5. The topological polar surface area (TPSA) is 103 Å². The van der Waals surface area contributed by atoms with Crippen LogP contribution in [0.1, 0.15) is 16.2 Å². The summed E-state index contributed by atoms with van der Waals surface area (Å²) >= 11 is 0. The van der Waals surface area contributed by atoms with E-state index in [2.05, 4.69) is 15.1 Å². The molecule has 0 aromatic carbocycles. The number of carbonyl (C=O) groups is 1. The first-order valence-corrected chi connectivity index (χ1v) is 6.72. The molecule has 1 N–H and O–H groups in total. The van der Waals surface area contributed by atoms with Crippen molar-refractivity contribution in [3.8, 4) is 17.5 Å². The van der Waals surface area contributed by atoms with Gasteiger partial charge in [-0.15, -0.1) is 0 Å². The van der Waals surface area contributed by atoms with Gasteiger partial charge in [0.25, 0.3) is 0 Å². The Hall–Kier alpha value is -3.37. The Morgan fingerprint density at radius 3 is 2.72 bits per heavy atom. The summed E-state index contributed by atoms with van der Waals surface area (Å²) in [7, 11) is 0. The fourth-order valence-corrected chi connectivity index (χ4v) is 1.86. The number of furan rings is 1. The number of alkyl halides is 3. The lowest BCUT2D eigenvalue weighted by molar-refractivity contribution is -0.141. The molecule has 0 atom stereocenters. The number of ether oxygens (including phenoxy) is 1. The van der Waals surface area contributed by atoms with Crippen LogP contribution < -0.4 is 4.74 Å². The fourth-order valence-electron chi connectivity index (χ4n) is 1.86. The number of hydrogen-bond acceptors (Lipinski definition) is 6. The van der Waals surface area contributed by atoms with Gasteiger partial charge in [0.2, 0.25) is 0 Å². The van der Waals surface area contributed by atoms with Gasteiger partial charge >= 0.3 is 18.2 Å². The van der Waals surface area contributed by atoms with Crippen LogP contribution in [0.25, 0.3) is 11.5 Å². The van der Waals surface area contributed by atoms with Gasteiger partial charge in [-0.2, -0.15) is 28.2 Å². The van der Waals surface area contributed by atoms with Gasteiger partial charge in [0, 0.05) is 6.20 Å². The summed E-state index contributed by atoms with van der Waals surface area (Å²) in [6.07, 6.45) is -2.11. The Balaban J connectivity index is 1.86. The number of carboxylic acid groups (broad SMARTS) is 1. The Bertz CT molecular complexity index is 890. The summed E-state index contributed by atoms with van der Waals surface area (Å²) in [6.45, 7) is -0.369. The van der Waals surface area contributed by atoms with E-state index in [1.165, 1.54) is 30.7 Å². The highest BCUT2D eigenvalue weighted by atomic mass is 19.4. The molecule has 3 aromatic heterocycles. The molecule has 0 aliphatic rings. The molecule has 0 radical (unpaired) electrons. The van der Waals surface area contributed by atoms with E-state index in [0.717, 1.165) is 10.7 Å². The second kappa shape index (κ2) is 6.26. The quantitative estimate of drug-likeness (QED) is 0.751. The third-order valence-corrected chi connectivity index (χ3v) is 2.96. The highest BCUT2D eigenvalue weighted by molar-refractivity contribution is 5.84. The van der Waals surface area contributed by atoms with Crippen molar-refractivity contribution in [2.75, 3.05) is 0 Å². The highest BCUT2D eigenvalue weighted by Gasteiger charge is 2.34. The van der Waals surface area contributed by atoms with Gasteiger partial charge in [-0.05, 0) is 24.3 Å². The van der Waals surface area contributed by atoms with Crippen molar-refractivity contribution in [2.24, 2.45) is 0 Å². The number of nitrogens with zero attached hydrogens (tertiary/aromatic N) is 4. The van der Waals surface area contributed by atoms with Crippen LogP contribution in [0.3, 0.4) is 0 Å². The van der Waals surface area contributed by atoms with E-state index < -0.39 is 23.8 Å². The Morgan fingerprint density at radius 1 is 1.32 bits per heavy atom. The molecule has 0 saturated heterocycles. The fraction of sp³-hybridized carbons (Fsp3) is 0.143. The molecule has 0 amide bonds. The van der Waals surface area contributed by atoms with E-state index in [1.807, 2.05) is 0 Å². The molecule has 0 bridgehead atoms. The molecule has 130 valence electrons. The summed E-state index contributed by atoms with van der Waals surface area (Å²) in [6, 6.07) is 4.35. The monoisotopic (exact) mass is 354 g/mol. The average molecular weight is 354 g/mol. The first kappa shape index (κ1) is 16.5. The molecule has 8 nitrogen and oxygen atoms in total. The van der Waals surface area contributed by atoms with Gasteiger partial charge < -0.3 is 14.3 Å². The highest BCUT2D eigenvalue weighted by Crippen LogP contribution is 2.31. The lowest BCUT2D eigenvalue weighted by Crippen LogP contribution is -2.13. The van der Waals surface area contributed by atoms with Gasteiger partial charge in [-0.1, -0.05) is 0 Å². The number of halogens is 3. The van der Waals surface area contributed by atoms with Gasteiger partial charge in [-0.25, -0.2) is 9.48 Å². The predicted molar refractivity (Wildman–Crippen MR) is 74.6 cm³/mol. The SMILES string of the molecule is O=C(O)c1ccn(COc2nc(-c3ccco3)cc(C(F)(F)F)n2)n1. The van der Waals surface area contributed by atoms with Crippen LogP contribution in [0.15, 0.2) is 41.1 Å². The molecule has 0 saturated carbocycles. The summed E-state index contributed by atoms with van der Waals surface area (Å²) in [5.41, 5.74) is -1.53. The van der Waals surface area contributed by atoms with E-state index in [-0.39, 0.29) is 23.9 Å². The zero-order valence-electron chi connectivity index (χ0n) is 12.3. The zero-order chi connectivity index (χ0) is 18.0. The average Bonchev–Trinajstić information content (AvgIpc) is 3.23. The van der Waals surface area contributed by atoms with Crippen LogP contribution >= 0.6 is 0 Å². The van der Waals surface area contributed by atoms with Crippen LogP contribution in [0.5, 0.6) is 6.01 Å². The molecular formula is C14H9F3N4O4. The van der Waals surface area contributed by atoms with Crippen molar-refractivity contribution in [1.82, 2.24) is 19.7 Å². The summed E-state index contributed by atoms with van der Waals surface area (Å²) in [5.74, 6) is -1.13. The maximum absolute atomic E-state index is 13.0. The summed E-state index contributed by atoms with van der Waals surface area (Å²) in [5, 5.41) is 12.4. The minimum absolute atomic E-state index is 0.103. The standard InChI is InChI=1S/C14H9F3N4O4/c15-14(16,17)11-6-9(10-2-1-5-24-10)18-13(19-11)25-7-21-4-3-8(20-21)12(22)23/h1-6H,7H2,(H,22,23). The predicted octanol–water partition coefficient (Wildman–Crippen LogP) is 2.69. The largest absolute Gasteiger partial charge is 0.476 e. The zero-order valence-corrected chi connectivity index (χ0v) is 12.3. The molecule has 0 fully saturated rings. The third kappa shape index (κ3) is 3.76. The molecule has 0 unspecified atom stereocenters. The summed E-state index contributed by atoms with van der Waals surface area (Å²) in [4.78, 5) is 17.9. The lowest BCUT2D eigenvalue weighted by Gasteiger charge is -2.10. The number of carboxylic acids is 1. The van der Waals surface area contributed by atoms with Crippen LogP contribution in [-0.4, -0.2) is 30.8 Å². The molecule has 25 heavy (non-hydrogen) atoms. The van der Waals surface area contributed by atoms with Crippen LogP contribution in [0, 0.1) is 0 Å². The molecular weight excluding hydrogens is 345 g/mol. The van der Waals surface area contributed by atoms with Crippen LogP contribution in [0.2, 0.25) is 0 Å². The van der Waals surface area contributed by atoms with Crippen molar-refractivity contribution in [1.29, 1.82) is 0 Å². The van der Waals surface area contributed by atoms with E-state index in [9.17, 15) is 18.0 Å². The van der Waals surface area contributed by atoms with E-state index >= 15 is 0 Å². The molecule has 3 aromatic rings. The molecule has 0 spiro atoms. The van der Waals surface area contributed by atoms with Crippen LogP contribution in [-0.2, 0) is 12.9 Å². The lowest BCUT2D eigenvalue weighted by atomic mass is 10.2. The van der Waals surface area contributed by atoms with Gasteiger partial charge in [-0.3, -0.25) is 0 Å². The molecule has 0 aliphatic heterocycles. The Kier molecular flexibility index (Phi) is 4.13. The van der Waals surface area contributed by atoms with Crippen molar-refractivity contribution >= 4 is 5.97 Å². The van der Waals surface area contributed by atoms with Crippen LogP contribution in [0.4, 0.5) is 13.2 Å². The molecule has 11 heteroatoms. The number of aromatic carboxylic acids is 1. The Labute approximate surface area is 137 Å². The van der Waals surface area contributed by atoms with Crippen molar-refractivity contribution < 1.29 is 32.2 Å². The maximum Gasteiger partial charge on any atom is 0.433 e. The van der Waals surface area contributed by atoms with E-state index in [4.69, 9.17) is 14.3 Å². The first-order chi connectivity index (χ1) is 11.8. The van der Waals surface area contributed by atoms with E-state index in [1.54, 1.807) is 0 Å². The van der Waals surface area contributed by atoms with E-state index in [0.29, 0.717) is 0 Å². The minimum atomic E-state index is -4.70. The minimum Gasteiger partial charge on any atom is -0.476 e. The second-order valence-corrected chi connectivity index (χ2v) is 4.72.